The van der Waals surface area contributed by atoms with E-state index in [1.807, 2.05) is 30.3 Å². The van der Waals surface area contributed by atoms with Crippen LogP contribution in [0.4, 0.5) is 5.69 Å². The number of para-hydroxylation sites is 1. The molecule has 1 aromatic carbocycles. The molecule has 1 N–H and O–H groups in total. The van der Waals surface area contributed by atoms with Gasteiger partial charge in [0.1, 0.15) is 5.82 Å². The van der Waals surface area contributed by atoms with E-state index in [1.54, 1.807) is 12.4 Å². The molecule has 1 aliphatic carbocycles. The van der Waals surface area contributed by atoms with Crippen LogP contribution in [-0.4, -0.2) is 15.9 Å². The van der Waals surface area contributed by atoms with Crippen molar-refractivity contribution < 1.29 is 4.79 Å². The molecule has 18 heavy (non-hydrogen) atoms. The van der Waals surface area contributed by atoms with Crippen LogP contribution in [-0.2, 0) is 0 Å². The summed E-state index contributed by atoms with van der Waals surface area (Å²) in [5, 5.41) is 2.80. The van der Waals surface area contributed by atoms with E-state index in [2.05, 4.69) is 15.3 Å². The second-order valence-electron chi connectivity index (χ2n) is 4.42. The minimum Gasteiger partial charge on any atom is -0.322 e. The predicted molar refractivity (Wildman–Crippen MR) is 68.4 cm³/mol. The van der Waals surface area contributed by atoms with Crippen molar-refractivity contribution in [2.75, 3.05) is 5.32 Å². The molecule has 1 fully saturated rings. The molecule has 4 nitrogen and oxygen atoms in total. The molecule has 1 amide bonds. The monoisotopic (exact) mass is 239 g/mol. The van der Waals surface area contributed by atoms with Crippen molar-refractivity contribution in [1.29, 1.82) is 0 Å². The van der Waals surface area contributed by atoms with E-state index in [-0.39, 0.29) is 5.91 Å². The summed E-state index contributed by atoms with van der Waals surface area (Å²) >= 11 is 0. The highest BCUT2D eigenvalue weighted by molar-refractivity contribution is 6.03. The highest BCUT2D eigenvalue weighted by Gasteiger charge is 2.26. The van der Waals surface area contributed by atoms with E-state index in [0.29, 0.717) is 11.5 Å². The van der Waals surface area contributed by atoms with E-state index in [9.17, 15) is 4.79 Å². The summed E-state index contributed by atoms with van der Waals surface area (Å²) in [6, 6.07) is 9.35. The molecular formula is C14H13N3O. The van der Waals surface area contributed by atoms with E-state index >= 15 is 0 Å². The molecule has 0 bridgehead atoms. The summed E-state index contributed by atoms with van der Waals surface area (Å²) in [7, 11) is 0. The molecule has 0 aliphatic heterocycles. The van der Waals surface area contributed by atoms with Gasteiger partial charge in [0, 0.05) is 24.0 Å². The molecule has 2 aromatic rings. The number of nitrogens with zero attached hydrogens (tertiary/aromatic N) is 2. The maximum absolute atomic E-state index is 11.9. The lowest BCUT2D eigenvalue weighted by molar-refractivity contribution is 0.102. The van der Waals surface area contributed by atoms with E-state index < -0.39 is 0 Å². The first-order valence-corrected chi connectivity index (χ1v) is 6.01. The molecule has 1 aromatic heterocycles. The zero-order valence-corrected chi connectivity index (χ0v) is 9.84. The van der Waals surface area contributed by atoms with Crippen molar-refractivity contribution in [3.8, 4) is 0 Å². The number of carbonyl (C=O) groups excluding carboxylic acids is 1. The number of nitrogens with one attached hydrogen (secondary N) is 1. The number of amides is 1. The van der Waals surface area contributed by atoms with Crippen LogP contribution in [0.15, 0.2) is 42.7 Å². The van der Waals surface area contributed by atoms with Gasteiger partial charge in [0.2, 0.25) is 0 Å². The number of carbonyl (C=O) groups is 1. The highest BCUT2D eigenvalue weighted by atomic mass is 16.1. The van der Waals surface area contributed by atoms with Gasteiger partial charge in [-0.15, -0.1) is 0 Å². The van der Waals surface area contributed by atoms with Gasteiger partial charge in [0.05, 0.1) is 5.56 Å². The third-order valence-corrected chi connectivity index (χ3v) is 2.91. The first kappa shape index (κ1) is 10.9. The third-order valence-electron chi connectivity index (χ3n) is 2.91. The summed E-state index contributed by atoms with van der Waals surface area (Å²) < 4.78 is 0. The van der Waals surface area contributed by atoms with Crippen LogP contribution in [0.3, 0.4) is 0 Å². The molecule has 1 aliphatic rings. The highest BCUT2D eigenvalue weighted by Crippen LogP contribution is 2.37. The zero-order chi connectivity index (χ0) is 12.4. The van der Waals surface area contributed by atoms with E-state index in [1.165, 1.54) is 0 Å². The predicted octanol–water partition coefficient (Wildman–Crippen LogP) is 2.61. The van der Waals surface area contributed by atoms with E-state index in [0.717, 1.165) is 24.4 Å². The average Bonchev–Trinajstić information content (AvgIpc) is 3.24. The van der Waals surface area contributed by atoms with Crippen LogP contribution in [0.1, 0.15) is 34.9 Å². The largest absolute Gasteiger partial charge is 0.322 e. The number of rotatable bonds is 3. The maximum Gasteiger partial charge on any atom is 0.258 e. The maximum atomic E-state index is 11.9. The Bertz CT molecular complexity index is 547. The SMILES string of the molecule is O=C(Nc1ccccc1)c1cnc(C2CC2)nc1. The van der Waals surface area contributed by atoms with Gasteiger partial charge in [-0.3, -0.25) is 4.79 Å². The smallest absolute Gasteiger partial charge is 0.258 e. The molecule has 0 saturated heterocycles. The zero-order valence-electron chi connectivity index (χ0n) is 9.84. The van der Waals surface area contributed by atoms with Crippen molar-refractivity contribution in [3.05, 3.63) is 54.1 Å². The normalized spacial score (nSPS) is 14.2. The summed E-state index contributed by atoms with van der Waals surface area (Å²) in [4.78, 5) is 20.4. The second-order valence-corrected chi connectivity index (χ2v) is 4.42. The Kier molecular flexibility index (Phi) is 2.76. The fourth-order valence-corrected chi connectivity index (χ4v) is 1.73. The number of hydrogen-bond donors (Lipinski definition) is 1. The van der Waals surface area contributed by atoms with Crippen molar-refractivity contribution >= 4 is 11.6 Å². The summed E-state index contributed by atoms with van der Waals surface area (Å²) in [6.45, 7) is 0. The van der Waals surface area contributed by atoms with Gasteiger partial charge in [-0.1, -0.05) is 18.2 Å². The van der Waals surface area contributed by atoms with Crippen molar-refractivity contribution in [2.45, 2.75) is 18.8 Å². The molecule has 0 unspecified atom stereocenters. The van der Waals surface area contributed by atoms with Crippen LogP contribution < -0.4 is 5.32 Å². The molecular weight excluding hydrogens is 226 g/mol. The minimum absolute atomic E-state index is 0.177. The topological polar surface area (TPSA) is 54.9 Å². The van der Waals surface area contributed by atoms with Crippen LogP contribution in [0, 0.1) is 0 Å². The lowest BCUT2D eigenvalue weighted by Crippen LogP contribution is -2.13. The molecule has 4 heteroatoms. The van der Waals surface area contributed by atoms with Crippen LogP contribution >= 0.6 is 0 Å². The van der Waals surface area contributed by atoms with E-state index in [4.69, 9.17) is 0 Å². The average molecular weight is 239 g/mol. The fourth-order valence-electron chi connectivity index (χ4n) is 1.73. The summed E-state index contributed by atoms with van der Waals surface area (Å²) in [6.07, 6.45) is 5.52. The van der Waals surface area contributed by atoms with Crippen molar-refractivity contribution in [2.24, 2.45) is 0 Å². The lowest BCUT2D eigenvalue weighted by Gasteiger charge is -2.04. The Balaban J connectivity index is 1.72. The quantitative estimate of drug-likeness (QED) is 0.895. The van der Waals surface area contributed by atoms with Crippen molar-refractivity contribution in [3.63, 3.8) is 0 Å². The Morgan fingerprint density at radius 2 is 1.78 bits per heavy atom. The molecule has 0 spiro atoms. The van der Waals surface area contributed by atoms with Gasteiger partial charge in [0.15, 0.2) is 0 Å². The molecule has 0 atom stereocenters. The summed E-state index contributed by atoms with van der Waals surface area (Å²) in [5.74, 6) is 1.19. The fraction of sp³-hybridized carbons (Fsp3) is 0.214. The first-order valence-electron chi connectivity index (χ1n) is 6.01. The van der Waals surface area contributed by atoms with Crippen LogP contribution in [0.25, 0.3) is 0 Å². The summed E-state index contributed by atoms with van der Waals surface area (Å²) in [5.41, 5.74) is 1.26. The van der Waals surface area contributed by atoms with Crippen LogP contribution in [0.5, 0.6) is 0 Å². The molecule has 1 saturated carbocycles. The Labute approximate surface area is 105 Å². The number of benzene rings is 1. The number of hydrogen-bond acceptors (Lipinski definition) is 3. The molecule has 0 radical (unpaired) electrons. The molecule has 90 valence electrons. The Morgan fingerprint density at radius 1 is 1.11 bits per heavy atom. The lowest BCUT2D eigenvalue weighted by atomic mass is 10.2. The number of anilines is 1. The van der Waals surface area contributed by atoms with Crippen molar-refractivity contribution in [1.82, 2.24) is 9.97 Å². The van der Waals surface area contributed by atoms with Gasteiger partial charge in [-0.25, -0.2) is 9.97 Å². The minimum atomic E-state index is -0.177. The second kappa shape index (κ2) is 4.56. The van der Waals surface area contributed by atoms with Gasteiger partial charge < -0.3 is 5.32 Å². The third kappa shape index (κ3) is 2.37. The first-order chi connectivity index (χ1) is 8.83. The van der Waals surface area contributed by atoms with Gasteiger partial charge in [0.25, 0.3) is 5.91 Å². The molecule has 3 rings (SSSR count). The standard InChI is InChI=1S/C14H13N3O/c18-14(17-12-4-2-1-3-5-12)11-8-15-13(16-9-11)10-6-7-10/h1-5,8-10H,6-7H2,(H,17,18). The van der Waals surface area contributed by atoms with Crippen LogP contribution in [0.2, 0.25) is 0 Å². The number of aromatic nitrogens is 2. The molecule has 1 heterocycles. The Hall–Kier alpha value is -2.23. The van der Waals surface area contributed by atoms with Gasteiger partial charge >= 0.3 is 0 Å². The van der Waals surface area contributed by atoms with Gasteiger partial charge in [-0.05, 0) is 25.0 Å². The Morgan fingerprint density at radius 3 is 2.39 bits per heavy atom. The van der Waals surface area contributed by atoms with Gasteiger partial charge in [-0.2, -0.15) is 0 Å².